The van der Waals surface area contributed by atoms with Crippen molar-refractivity contribution in [1.82, 2.24) is 0 Å². The highest BCUT2D eigenvalue weighted by Crippen LogP contribution is 2.30. The van der Waals surface area contributed by atoms with E-state index in [1.807, 2.05) is 48.5 Å². The number of benzene rings is 3. The molecule has 0 aliphatic carbocycles. The van der Waals surface area contributed by atoms with Gasteiger partial charge in [0.05, 0.1) is 0 Å². The van der Waals surface area contributed by atoms with Crippen molar-refractivity contribution in [2.24, 2.45) is 0 Å². The van der Waals surface area contributed by atoms with Gasteiger partial charge in [0.1, 0.15) is 5.82 Å². The van der Waals surface area contributed by atoms with Gasteiger partial charge in [0.25, 0.3) is 0 Å². The van der Waals surface area contributed by atoms with Crippen LogP contribution in [0.15, 0.2) is 72.8 Å². The predicted octanol–water partition coefficient (Wildman–Crippen LogP) is 4.82. The molecule has 0 aliphatic rings. The van der Waals surface area contributed by atoms with Gasteiger partial charge in [-0.3, -0.25) is 0 Å². The van der Waals surface area contributed by atoms with Crippen molar-refractivity contribution in [2.75, 3.05) is 11.1 Å². The molecule has 3 aromatic rings. The van der Waals surface area contributed by atoms with Gasteiger partial charge in [-0.1, -0.05) is 30.3 Å². The zero-order chi connectivity index (χ0) is 14.7. The van der Waals surface area contributed by atoms with E-state index in [0.29, 0.717) is 0 Å². The summed E-state index contributed by atoms with van der Waals surface area (Å²) in [5.41, 5.74) is 10.6. The Morgan fingerprint density at radius 2 is 1.43 bits per heavy atom. The number of nitrogens with one attached hydrogen (secondary N) is 1. The maximum absolute atomic E-state index is 12.9. The molecule has 0 heterocycles. The standard InChI is InChI=1S/C18H15FN2/c19-14-6-8-15(9-7-14)21-16-10-11-18(20)17(12-16)13-4-2-1-3-5-13/h1-12,21H,20H2. The van der Waals surface area contributed by atoms with Crippen LogP contribution in [0.5, 0.6) is 0 Å². The Labute approximate surface area is 123 Å². The number of rotatable bonds is 3. The van der Waals surface area contributed by atoms with Crippen LogP contribution in [0.25, 0.3) is 11.1 Å². The van der Waals surface area contributed by atoms with Gasteiger partial charge in [0, 0.05) is 22.6 Å². The average molecular weight is 278 g/mol. The van der Waals surface area contributed by atoms with Crippen molar-refractivity contribution in [3.05, 3.63) is 78.6 Å². The van der Waals surface area contributed by atoms with Crippen LogP contribution in [-0.2, 0) is 0 Å². The quantitative estimate of drug-likeness (QED) is 0.674. The van der Waals surface area contributed by atoms with Crippen LogP contribution in [0.1, 0.15) is 0 Å². The van der Waals surface area contributed by atoms with Crippen molar-refractivity contribution >= 4 is 17.1 Å². The highest BCUT2D eigenvalue weighted by atomic mass is 19.1. The maximum atomic E-state index is 12.9. The Balaban J connectivity index is 1.92. The maximum Gasteiger partial charge on any atom is 0.123 e. The third-order valence-electron chi connectivity index (χ3n) is 3.27. The second kappa shape index (κ2) is 5.67. The third kappa shape index (κ3) is 3.03. The molecule has 0 saturated carbocycles. The molecular formula is C18H15FN2. The second-order valence-corrected chi connectivity index (χ2v) is 4.80. The number of hydrogen-bond acceptors (Lipinski definition) is 2. The van der Waals surface area contributed by atoms with Gasteiger partial charge in [-0.15, -0.1) is 0 Å². The summed E-state index contributed by atoms with van der Waals surface area (Å²) in [6, 6.07) is 22.0. The summed E-state index contributed by atoms with van der Waals surface area (Å²) in [5, 5.41) is 3.25. The van der Waals surface area contributed by atoms with E-state index in [2.05, 4.69) is 5.32 Å². The lowest BCUT2D eigenvalue weighted by atomic mass is 10.0. The van der Waals surface area contributed by atoms with E-state index in [1.54, 1.807) is 12.1 Å². The van der Waals surface area contributed by atoms with Gasteiger partial charge >= 0.3 is 0 Å². The van der Waals surface area contributed by atoms with Gasteiger partial charge < -0.3 is 11.1 Å². The SMILES string of the molecule is Nc1ccc(Nc2ccc(F)cc2)cc1-c1ccccc1. The lowest BCUT2D eigenvalue weighted by Crippen LogP contribution is -1.94. The average Bonchev–Trinajstić information content (AvgIpc) is 2.52. The molecule has 0 atom stereocenters. The summed E-state index contributed by atoms with van der Waals surface area (Å²) in [7, 11) is 0. The van der Waals surface area contributed by atoms with Crippen LogP contribution in [-0.4, -0.2) is 0 Å². The molecule has 2 nitrogen and oxygen atoms in total. The fraction of sp³-hybridized carbons (Fsp3) is 0. The minimum Gasteiger partial charge on any atom is -0.398 e. The first-order chi connectivity index (χ1) is 10.2. The minimum absolute atomic E-state index is 0.247. The monoisotopic (exact) mass is 278 g/mol. The van der Waals surface area contributed by atoms with Gasteiger partial charge in [0.15, 0.2) is 0 Å². The molecule has 21 heavy (non-hydrogen) atoms. The zero-order valence-corrected chi connectivity index (χ0v) is 11.4. The van der Waals surface area contributed by atoms with E-state index in [4.69, 9.17) is 5.73 Å². The Morgan fingerprint density at radius 1 is 0.762 bits per heavy atom. The minimum atomic E-state index is -0.247. The molecule has 0 spiro atoms. The highest BCUT2D eigenvalue weighted by Gasteiger charge is 2.04. The molecule has 104 valence electrons. The molecule has 0 unspecified atom stereocenters. The summed E-state index contributed by atoms with van der Waals surface area (Å²) >= 11 is 0. The van der Waals surface area contributed by atoms with Gasteiger partial charge in [0.2, 0.25) is 0 Å². The number of nitrogen functional groups attached to an aromatic ring is 1. The number of anilines is 3. The first kappa shape index (κ1) is 13.2. The molecular weight excluding hydrogens is 263 g/mol. The van der Waals surface area contributed by atoms with Crippen LogP contribution in [0.4, 0.5) is 21.5 Å². The molecule has 0 radical (unpaired) electrons. The Kier molecular flexibility index (Phi) is 3.56. The smallest absolute Gasteiger partial charge is 0.123 e. The fourth-order valence-corrected chi connectivity index (χ4v) is 2.20. The van der Waals surface area contributed by atoms with Crippen molar-refractivity contribution in [3.63, 3.8) is 0 Å². The van der Waals surface area contributed by atoms with Crippen molar-refractivity contribution in [3.8, 4) is 11.1 Å². The largest absolute Gasteiger partial charge is 0.398 e. The molecule has 0 aromatic heterocycles. The van der Waals surface area contributed by atoms with Crippen molar-refractivity contribution < 1.29 is 4.39 Å². The summed E-state index contributed by atoms with van der Waals surface area (Å²) in [6.45, 7) is 0. The topological polar surface area (TPSA) is 38.0 Å². The first-order valence-corrected chi connectivity index (χ1v) is 6.70. The van der Waals surface area contributed by atoms with E-state index in [-0.39, 0.29) is 5.82 Å². The molecule has 0 bridgehead atoms. The number of nitrogens with two attached hydrogens (primary N) is 1. The summed E-state index contributed by atoms with van der Waals surface area (Å²) in [6.07, 6.45) is 0. The summed E-state index contributed by atoms with van der Waals surface area (Å²) in [4.78, 5) is 0. The Hall–Kier alpha value is -2.81. The van der Waals surface area contributed by atoms with Crippen molar-refractivity contribution in [1.29, 1.82) is 0 Å². The molecule has 0 fully saturated rings. The molecule has 0 aliphatic heterocycles. The van der Waals surface area contributed by atoms with E-state index in [9.17, 15) is 4.39 Å². The molecule has 3 heteroatoms. The van der Waals surface area contributed by atoms with Crippen molar-refractivity contribution in [2.45, 2.75) is 0 Å². The molecule has 3 aromatic carbocycles. The Morgan fingerprint density at radius 3 is 2.14 bits per heavy atom. The lowest BCUT2D eigenvalue weighted by Gasteiger charge is -2.11. The summed E-state index contributed by atoms with van der Waals surface area (Å²) in [5.74, 6) is -0.247. The third-order valence-corrected chi connectivity index (χ3v) is 3.27. The predicted molar refractivity (Wildman–Crippen MR) is 86.0 cm³/mol. The van der Waals surface area contributed by atoms with E-state index >= 15 is 0 Å². The van der Waals surface area contributed by atoms with Crippen LogP contribution in [0, 0.1) is 5.82 Å². The number of halogens is 1. The lowest BCUT2D eigenvalue weighted by molar-refractivity contribution is 0.628. The van der Waals surface area contributed by atoms with Crippen LogP contribution in [0.2, 0.25) is 0 Å². The van der Waals surface area contributed by atoms with E-state index < -0.39 is 0 Å². The first-order valence-electron chi connectivity index (χ1n) is 6.70. The van der Waals surface area contributed by atoms with Gasteiger partial charge in [-0.25, -0.2) is 4.39 Å². The van der Waals surface area contributed by atoms with Crippen LogP contribution < -0.4 is 11.1 Å². The normalized spacial score (nSPS) is 10.3. The van der Waals surface area contributed by atoms with Crippen LogP contribution in [0.3, 0.4) is 0 Å². The molecule has 3 rings (SSSR count). The fourth-order valence-electron chi connectivity index (χ4n) is 2.20. The Bertz CT molecular complexity index is 737. The van der Waals surface area contributed by atoms with E-state index in [0.717, 1.165) is 28.2 Å². The van der Waals surface area contributed by atoms with Gasteiger partial charge in [-0.2, -0.15) is 0 Å². The second-order valence-electron chi connectivity index (χ2n) is 4.80. The van der Waals surface area contributed by atoms with Crippen LogP contribution >= 0.6 is 0 Å². The molecule has 0 amide bonds. The zero-order valence-electron chi connectivity index (χ0n) is 11.4. The molecule has 3 N–H and O–H groups in total. The highest BCUT2D eigenvalue weighted by molar-refractivity contribution is 5.80. The number of hydrogen-bond donors (Lipinski definition) is 2. The van der Waals surface area contributed by atoms with E-state index in [1.165, 1.54) is 12.1 Å². The van der Waals surface area contributed by atoms with Gasteiger partial charge in [-0.05, 0) is 48.0 Å². The summed E-state index contributed by atoms with van der Waals surface area (Å²) < 4.78 is 12.9. The molecule has 0 saturated heterocycles.